The van der Waals surface area contributed by atoms with Crippen molar-refractivity contribution in [1.82, 2.24) is 24.8 Å². The van der Waals surface area contributed by atoms with E-state index in [1.165, 1.54) is 25.9 Å². The van der Waals surface area contributed by atoms with Crippen molar-refractivity contribution in [3.63, 3.8) is 0 Å². The molecular formula is C17H20ClN7O3. The van der Waals surface area contributed by atoms with E-state index in [4.69, 9.17) is 17.3 Å². The predicted molar refractivity (Wildman–Crippen MR) is 101 cm³/mol. The molecule has 1 aliphatic rings. The van der Waals surface area contributed by atoms with Gasteiger partial charge in [-0.25, -0.2) is 15.0 Å². The first-order valence-corrected chi connectivity index (χ1v) is 9.15. The van der Waals surface area contributed by atoms with E-state index in [-0.39, 0.29) is 40.1 Å². The third-order valence-corrected chi connectivity index (χ3v) is 5.12. The zero-order chi connectivity index (χ0) is 20.3. The lowest BCUT2D eigenvalue weighted by Crippen LogP contribution is -2.30. The van der Waals surface area contributed by atoms with Crippen LogP contribution in [-0.4, -0.2) is 44.3 Å². The van der Waals surface area contributed by atoms with Gasteiger partial charge >= 0.3 is 0 Å². The molecular weight excluding hydrogens is 386 g/mol. The van der Waals surface area contributed by atoms with Crippen LogP contribution in [0.3, 0.4) is 0 Å². The van der Waals surface area contributed by atoms with E-state index in [0.29, 0.717) is 25.7 Å². The van der Waals surface area contributed by atoms with Crippen LogP contribution >= 0.6 is 11.6 Å². The molecule has 4 N–H and O–H groups in total. The van der Waals surface area contributed by atoms with E-state index < -0.39 is 11.8 Å². The third-order valence-electron chi connectivity index (χ3n) is 4.84. The van der Waals surface area contributed by atoms with E-state index in [1.54, 1.807) is 4.57 Å². The van der Waals surface area contributed by atoms with E-state index in [0.717, 1.165) is 0 Å². The summed E-state index contributed by atoms with van der Waals surface area (Å²) < 4.78 is 1.64. The van der Waals surface area contributed by atoms with E-state index >= 15 is 0 Å². The molecule has 2 heterocycles. The number of nitrogens with one attached hydrogen (secondary N) is 2. The molecule has 11 heteroatoms. The van der Waals surface area contributed by atoms with Crippen LogP contribution in [0.4, 0.5) is 5.82 Å². The van der Waals surface area contributed by atoms with Crippen molar-refractivity contribution < 1.29 is 14.4 Å². The highest BCUT2D eigenvalue weighted by molar-refractivity contribution is 6.33. The summed E-state index contributed by atoms with van der Waals surface area (Å²) in [5, 5.41) is 5.44. The molecule has 0 aromatic carbocycles. The molecule has 1 fully saturated rings. The molecule has 0 saturated heterocycles. The van der Waals surface area contributed by atoms with Crippen molar-refractivity contribution in [2.75, 3.05) is 12.4 Å². The van der Waals surface area contributed by atoms with Crippen LogP contribution in [0.15, 0.2) is 18.9 Å². The summed E-state index contributed by atoms with van der Waals surface area (Å²) in [5.74, 6) is -1.27. The van der Waals surface area contributed by atoms with Gasteiger partial charge in [-0.2, -0.15) is 0 Å². The van der Waals surface area contributed by atoms with Gasteiger partial charge in [0.25, 0.3) is 11.8 Å². The van der Waals surface area contributed by atoms with E-state index in [9.17, 15) is 14.4 Å². The maximum absolute atomic E-state index is 12.5. The Morgan fingerprint density at radius 1 is 1.21 bits per heavy atom. The Balaban J connectivity index is 1.68. The maximum Gasteiger partial charge on any atom is 0.272 e. The zero-order valence-electron chi connectivity index (χ0n) is 15.2. The first-order valence-electron chi connectivity index (χ1n) is 8.77. The number of nitrogens with zero attached hydrogens (tertiary/aromatic N) is 4. The minimum atomic E-state index is -0.714. The van der Waals surface area contributed by atoms with Gasteiger partial charge in [0.1, 0.15) is 17.0 Å². The van der Waals surface area contributed by atoms with Gasteiger partial charge in [0.05, 0.1) is 12.5 Å². The average molecular weight is 406 g/mol. The Labute approximate surface area is 165 Å². The summed E-state index contributed by atoms with van der Waals surface area (Å²) in [6.45, 7) is 0. The summed E-state index contributed by atoms with van der Waals surface area (Å²) in [5.41, 5.74) is 5.56. The summed E-state index contributed by atoms with van der Waals surface area (Å²) in [4.78, 5) is 48.1. The number of anilines is 1. The van der Waals surface area contributed by atoms with Crippen molar-refractivity contribution in [3.8, 4) is 0 Å². The standard InChI is InChI=1S/C17H20ClN7O3/c1-20-17(28)12-13(14(19)26)25(8-23-12)10-4-2-9(3-5-10)16(27)24-15-11(18)6-21-7-22-15/h6-10H,2-5H2,1H3,(H2,19,26)(H,20,28)(H,21,22,24,27). The van der Waals surface area contributed by atoms with Gasteiger partial charge < -0.3 is 20.9 Å². The lowest BCUT2D eigenvalue weighted by Gasteiger charge is -2.29. The number of halogens is 1. The Morgan fingerprint density at radius 3 is 2.54 bits per heavy atom. The highest BCUT2D eigenvalue weighted by atomic mass is 35.5. The van der Waals surface area contributed by atoms with Crippen LogP contribution in [0, 0.1) is 5.92 Å². The lowest BCUT2D eigenvalue weighted by molar-refractivity contribution is -0.121. The molecule has 0 unspecified atom stereocenters. The van der Waals surface area contributed by atoms with Gasteiger partial charge in [-0.05, 0) is 25.7 Å². The number of nitrogens with two attached hydrogens (primary N) is 1. The Bertz CT molecular complexity index is 906. The number of hydrogen-bond acceptors (Lipinski definition) is 6. The minimum absolute atomic E-state index is 0.00766. The molecule has 0 bridgehead atoms. The highest BCUT2D eigenvalue weighted by Crippen LogP contribution is 2.34. The number of carbonyl (C=O) groups excluding carboxylic acids is 3. The van der Waals surface area contributed by atoms with Crippen LogP contribution in [0.25, 0.3) is 0 Å². The Kier molecular flexibility index (Phi) is 5.88. The maximum atomic E-state index is 12.5. The first-order chi connectivity index (χ1) is 13.4. The number of imidazole rings is 1. The number of rotatable bonds is 5. The number of carbonyl (C=O) groups is 3. The van der Waals surface area contributed by atoms with Gasteiger partial charge in [-0.1, -0.05) is 11.6 Å². The molecule has 0 radical (unpaired) electrons. The van der Waals surface area contributed by atoms with Crippen molar-refractivity contribution >= 4 is 35.1 Å². The first kappa shape index (κ1) is 19.7. The predicted octanol–water partition coefficient (Wildman–Crippen LogP) is 1.15. The molecule has 10 nitrogen and oxygen atoms in total. The monoisotopic (exact) mass is 405 g/mol. The van der Waals surface area contributed by atoms with Crippen LogP contribution in [0.5, 0.6) is 0 Å². The normalized spacial score (nSPS) is 19.1. The number of primary amides is 1. The Hall–Kier alpha value is -3.01. The number of aromatic nitrogens is 4. The summed E-state index contributed by atoms with van der Waals surface area (Å²) in [6, 6.07) is -0.0694. The van der Waals surface area contributed by atoms with Crippen molar-refractivity contribution in [1.29, 1.82) is 0 Å². The Morgan fingerprint density at radius 2 is 1.93 bits per heavy atom. The molecule has 2 aromatic rings. The van der Waals surface area contributed by atoms with Crippen LogP contribution in [-0.2, 0) is 4.79 Å². The fourth-order valence-electron chi connectivity index (χ4n) is 3.41. The fourth-order valence-corrected chi connectivity index (χ4v) is 3.56. The lowest BCUT2D eigenvalue weighted by atomic mass is 9.85. The second-order valence-corrected chi connectivity index (χ2v) is 6.91. The highest BCUT2D eigenvalue weighted by Gasteiger charge is 2.31. The minimum Gasteiger partial charge on any atom is -0.364 e. The van der Waals surface area contributed by atoms with Crippen molar-refractivity contribution in [2.45, 2.75) is 31.7 Å². The summed E-state index contributed by atoms with van der Waals surface area (Å²) >= 11 is 5.97. The largest absolute Gasteiger partial charge is 0.364 e. The number of hydrogen-bond donors (Lipinski definition) is 3. The van der Waals surface area contributed by atoms with Gasteiger partial charge in [-0.3, -0.25) is 14.4 Å². The summed E-state index contributed by atoms with van der Waals surface area (Å²) in [6.07, 6.45) is 6.66. The third kappa shape index (κ3) is 3.96. The molecule has 1 aliphatic carbocycles. The fraction of sp³-hybridized carbons (Fsp3) is 0.412. The molecule has 3 amide bonds. The van der Waals surface area contributed by atoms with Gasteiger partial charge in [0.2, 0.25) is 5.91 Å². The SMILES string of the molecule is CNC(=O)c1ncn(C2CCC(C(=O)Nc3ncncc3Cl)CC2)c1C(N)=O. The molecule has 28 heavy (non-hydrogen) atoms. The molecule has 1 saturated carbocycles. The molecule has 3 rings (SSSR count). The van der Waals surface area contributed by atoms with Crippen LogP contribution < -0.4 is 16.4 Å². The average Bonchev–Trinajstić information content (AvgIpc) is 3.14. The van der Waals surface area contributed by atoms with Gasteiger partial charge in [-0.15, -0.1) is 0 Å². The quantitative estimate of drug-likeness (QED) is 0.680. The van der Waals surface area contributed by atoms with Crippen LogP contribution in [0.2, 0.25) is 5.02 Å². The van der Waals surface area contributed by atoms with Crippen molar-refractivity contribution in [2.24, 2.45) is 11.7 Å². The summed E-state index contributed by atoms with van der Waals surface area (Å²) in [7, 11) is 1.46. The molecule has 148 valence electrons. The van der Waals surface area contributed by atoms with Gasteiger partial charge in [0, 0.05) is 19.0 Å². The van der Waals surface area contributed by atoms with E-state index in [1.807, 2.05) is 0 Å². The topological polar surface area (TPSA) is 145 Å². The zero-order valence-corrected chi connectivity index (χ0v) is 15.9. The molecule has 2 aromatic heterocycles. The molecule has 0 aliphatic heterocycles. The van der Waals surface area contributed by atoms with Gasteiger partial charge in [0.15, 0.2) is 11.5 Å². The number of amides is 3. The van der Waals surface area contributed by atoms with Crippen LogP contribution in [0.1, 0.15) is 52.7 Å². The second-order valence-electron chi connectivity index (χ2n) is 6.51. The molecule has 0 atom stereocenters. The van der Waals surface area contributed by atoms with E-state index in [2.05, 4.69) is 25.6 Å². The molecule has 0 spiro atoms. The smallest absolute Gasteiger partial charge is 0.272 e. The van der Waals surface area contributed by atoms with Crippen molar-refractivity contribution in [3.05, 3.63) is 35.3 Å². The second kappa shape index (κ2) is 8.34.